The molecule has 0 aromatic carbocycles. The number of alkyl halides is 2. The van der Waals surface area contributed by atoms with Gasteiger partial charge >= 0.3 is 0 Å². The van der Waals surface area contributed by atoms with Crippen molar-refractivity contribution < 1.29 is 13.9 Å². The van der Waals surface area contributed by atoms with E-state index < -0.39 is 6.43 Å². The first-order valence-electron chi connectivity index (χ1n) is 6.32. The molecule has 0 rings (SSSR count). The minimum atomic E-state index is -2.30. The number of aliphatic hydroxyl groups is 1. The van der Waals surface area contributed by atoms with Gasteiger partial charge in [0, 0.05) is 6.54 Å². The van der Waals surface area contributed by atoms with Gasteiger partial charge in [-0.1, -0.05) is 39.0 Å². The van der Waals surface area contributed by atoms with Crippen LogP contribution in [0.25, 0.3) is 0 Å². The van der Waals surface area contributed by atoms with E-state index in [1.165, 1.54) is 25.7 Å². The molecule has 0 radical (unpaired) electrons. The molecule has 0 aromatic heterocycles. The lowest BCUT2D eigenvalue weighted by atomic mass is 10.1. The van der Waals surface area contributed by atoms with Crippen molar-refractivity contribution in [2.75, 3.05) is 26.2 Å². The summed E-state index contributed by atoms with van der Waals surface area (Å²) in [4.78, 5) is 1.64. The maximum absolute atomic E-state index is 12.2. The summed E-state index contributed by atoms with van der Waals surface area (Å²) in [5.41, 5.74) is 0. The van der Waals surface area contributed by atoms with E-state index in [9.17, 15) is 8.78 Å². The Labute approximate surface area is 97.6 Å². The molecule has 2 nitrogen and oxygen atoms in total. The molecule has 0 saturated carbocycles. The second kappa shape index (κ2) is 11.3. The third-order valence-electron chi connectivity index (χ3n) is 2.64. The first-order chi connectivity index (χ1) is 7.70. The zero-order valence-corrected chi connectivity index (χ0v) is 10.3. The molecule has 4 heteroatoms. The molecule has 0 atom stereocenters. The van der Waals surface area contributed by atoms with E-state index in [1.54, 1.807) is 4.90 Å². The first-order valence-corrected chi connectivity index (χ1v) is 6.32. The molecule has 0 amide bonds. The summed E-state index contributed by atoms with van der Waals surface area (Å²) < 4.78 is 24.3. The lowest BCUT2D eigenvalue weighted by molar-refractivity contribution is 0.0774. The number of hydrogen-bond donors (Lipinski definition) is 1. The van der Waals surface area contributed by atoms with Crippen LogP contribution in [0.1, 0.15) is 45.4 Å². The minimum absolute atomic E-state index is 0.0391. The SMILES string of the molecule is CCCCCCCCN(CCO)CC(F)F. The monoisotopic (exact) mass is 237 g/mol. The Morgan fingerprint density at radius 3 is 2.19 bits per heavy atom. The molecular formula is C12H25F2NO. The van der Waals surface area contributed by atoms with Gasteiger partial charge in [-0.15, -0.1) is 0 Å². The average Bonchev–Trinajstić information content (AvgIpc) is 2.22. The highest BCUT2D eigenvalue weighted by Crippen LogP contribution is 2.07. The lowest BCUT2D eigenvalue weighted by Gasteiger charge is -2.20. The first kappa shape index (κ1) is 15.8. The van der Waals surface area contributed by atoms with Crippen molar-refractivity contribution in [2.24, 2.45) is 0 Å². The summed E-state index contributed by atoms with van der Waals surface area (Å²) in [7, 11) is 0. The van der Waals surface area contributed by atoms with E-state index in [-0.39, 0.29) is 13.2 Å². The maximum atomic E-state index is 12.2. The highest BCUT2D eigenvalue weighted by Gasteiger charge is 2.10. The van der Waals surface area contributed by atoms with Crippen molar-refractivity contribution in [3.63, 3.8) is 0 Å². The van der Waals surface area contributed by atoms with Crippen molar-refractivity contribution in [1.29, 1.82) is 0 Å². The highest BCUT2D eigenvalue weighted by atomic mass is 19.3. The van der Waals surface area contributed by atoms with Gasteiger partial charge in [0.1, 0.15) is 0 Å². The molecule has 0 heterocycles. The molecule has 0 aliphatic carbocycles. The van der Waals surface area contributed by atoms with Crippen LogP contribution in [0.4, 0.5) is 8.78 Å². The van der Waals surface area contributed by atoms with E-state index in [0.29, 0.717) is 13.1 Å². The van der Waals surface area contributed by atoms with Gasteiger partial charge in [0.25, 0.3) is 6.43 Å². The van der Waals surface area contributed by atoms with Crippen LogP contribution in [0.3, 0.4) is 0 Å². The molecule has 0 unspecified atom stereocenters. The Balaban J connectivity index is 3.44. The fourth-order valence-corrected chi connectivity index (χ4v) is 1.75. The third-order valence-corrected chi connectivity index (χ3v) is 2.64. The second-order valence-electron chi connectivity index (χ2n) is 4.18. The zero-order chi connectivity index (χ0) is 12.2. The van der Waals surface area contributed by atoms with Gasteiger partial charge in [-0.3, -0.25) is 4.90 Å². The van der Waals surface area contributed by atoms with Crippen LogP contribution in [0.15, 0.2) is 0 Å². The Bertz CT molecular complexity index is 145. The number of nitrogens with zero attached hydrogens (tertiary/aromatic N) is 1. The molecular weight excluding hydrogens is 212 g/mol. The van der Waals surface area contributed by atoms with Gasteiger partial charge in [0.2, 0.25) is 0 Å². The molecule has 98 valence electrons. The topological polar surface area (TPSA) is 23.5 Å². The van der Waals surface area contributed by atoms with Crippen LogP contribution in [-0.2, 0) is 0 Å². The van der Waals surface area contributed by atoms with E-state index in [4.69, 9.17) is 5.11 Å². The average molecular weight is 237 g/mol. The van der Waals surface area contributed by atoms with Gasteiger partial charge < -0.3 is 5.11 Å². The smallest absolute Gasteiger partial charge is 0.251 e. The van der Waals surface area contributed by atoms with Crippen molar-refractivity contribution in [3.8, 4) is 0 Å². The Kier molecular flexibility index (Phi) is 11.1. The zero-order valence-electron chi connectivity index (χ0n) is 10.3. The molecule has 0 spiro atoms. The van der Waals surface area contributed by atoms with Crippen molar-refractivity contribution in [1.82, 2.24) is 4.90 Å². The highest BCUT2D eigenvalue weighted by molar-refractivity contribution is 4.59. The summed E-state index contributed by atoms with van der Waals surface area (Å²) in [6.45, 7) is 2.96. The molecule has 0 fully saturated rings. The van der Waals surface area contributed by atoms with E-state index in [0.717, 1.165) is 12.8 Å². The van der Waals surface area contributed by atoms with E-state index in [1.807, 2.05) is 0 Å². The molecule has 0 aliphatic rings. The van der Waals surface area contributed by atoms with Gasteiger partial charge in [-0.05, 0) is 13.0 Å². The number of rotatable bonds is 11. The summed E-state index contributed by atoms with van der Waals surface area (Å²) in [5.74, 6) is 0. The maximum Gasteiger partial charge on any atom is 0.251 e. The van der Waals surface area contributed by atoms with Gasteiger partial charge in [0.15, 0.2) is 0 Å². The molecule has 0 bridgehead atoms. The quantitative estimate of drug-likeness (QED) is 0.558. The largest absolute Gasteiger partial charge is 0.395 e. The van der Waals surface area contributed by atoms with Crippen molar-refractivity contribution in [3.05, 3.63) is 0 Å². The van der Waals surface area contributed by atoms with Crippen LogP contribution in [0, 0.1) is 0 Å². The Hall–Kier alpha value is -0.220. The van der Waals surface area contributed by atoms with Gasteiger partial charge in [-0.2, -0.15) is 0 Å². The summed E-state index contributed by atoms with van der Waals surface area (Å²) in [6, 6.07) is 0. The normalized spacial score (nSPS) is 11.6. The molecule has 0 saturated heterocycles. The van der Waals surface area contributed by atoms with Crippen LogP contribution >= 0.6 is 0 Å². The van der Waals surface area contributed by atoms with Crippen molar-refractivity contribution in [2.45, 2.75) is 51.9 Å². The van der Waals surface area contributed by atoms with Crippen LogP contribution in [-0.4, -0.2) is 42.7 Å². The lowest BCUT2D eigenvalue weighted by Crippen LogP contribution is -2.32. The predicted octanol–water partition coefficient (Wildman–Crippen LogP) is 2.91. The molecule has 0 aromatic rings. The van der Waals surface area contributed by atoms with Gasteiger partial charge in [-0.25, -0.2) is 8.78 Å². The fourth-order valence-electron chi connectivity index (χ4n) is 1.75. The number of halogens is 2. The summed E-state index contributed by atoms with van der Waals surface area (Å²) in [5, 5.41) is 8.74. The van der Waals surface area contributed by atoms with Crippen LogP contribution in [0.5, 0.6) is 0 Å². The molecule has 1 N–H and O–H groups in total. The molecule has 0 aliphatic heterocycles. The summed E-state index contributed by atoms with van der Waals surface area (Å²) in [6.07, 6.45) is 4.67. The second-order valence-corrected chi connectivity index (χ2v) is 4.18. The number of hydrogen-bond acceptors (Lipinski definition) is 2. The predicted molar refractivity (Wildman–Crippen MR) is 62.9 cm³/mol. The van der Waals surface area contributed by atoms with Crippen LogP contribution < -0.4 is 0 Å². The number of unbranched alkanes of at least 4 members (excludes halogenated alkanes) is 5. The van der Waals surface area contributed by atoms with E-state index in [2.05, 4.69) is 6.92 Å². The van der Waals surface area contributed by atoms with E-state index >= 15 is 0 Å². The fraction of sp³-hybridized carbons (Fsp3) is 1.00. The van der Waals surface area contributed by atoms with Gasteiger partial charge in [0.05, 0.1) is 13.2 Å². The molecule has 16 heavy (non-hydrogen) atoms. The standard InChI is InChI=1S/C12H25F2NO/c1-2-3-4-5-6-7-8-15(9-10-16)11-12(13)14/h12,16H,2-11H2,1H3. The third kappa shape index (κ3) is 10.3. The Morgan fingerprint density at radius 1 is 1.00 bits per heavy atom. The summed E-state index contributed by atoms with van der Waals surface area (Å²) >= 11 is 0. The van der Waals surface area contributed by atoms with Crippen LogP contribution in [0.2, 0.25) is 0 Å². The Morgan fingerprint density at radius 2 is 1.62 bits per heavy atom. The minimum Gasteiger partial charge on any atom is -0.395 e. The van der Waals surface area contributed by atoms with Crippen molar-refractivity contribution >= 4 is 0 Å². The number of aliphatic hydroxyl groups excluding tert-OH is 1.